The molecule has 0 aromatic heterocycles. The summed E-state index contributed by atoms with van der Waals surface area (Å²) in [5.74, 6) is -0.980. The highest BCUT2D eigenvalue weighted by molar-refractivity contribution is 9.10. The van der Waals surface area contributed by atoms with Crippen molar-refractivity contribution in [2.24, 2.45) is 0 Å². The molecular formula is C18H17Br2N3O4. The smallest absolute Gasteiger partial charge is 0.279 e. The third-order valence-corrected chi connectivity index (χ3v) is 4.29. The number of carbonyl (C=O) groups is 3. The Morgan fingerprint density at radius 1 is 1.00 bits per heavy atom. The largest absolute Gasteiger partial charge is 0.481 e. The molecule has 0 saturated carbocycles. The van der Waals surface area contributed by atoms with Gasteiger partial charge < -0.3 is 10.1 Å². The van der Waals surface area contributed by atoms with Gasteiger partial charge in [0.2, 0.25) is 0 Å². The summed E-state index contributed by atoms with van der Waals surface area (Å²) in [6.45, 7) is 1.27. The Bertz CT molecular complexity index is 845. The molecule has 0 radical (unpaired) electrons. The van der Waals surface area contributed by atoms with Gasteiger partial charge in [0.15, 0.2) is 6.10 Å². The highest BCUT2D eigenvalue weighted by atomic mass is 79.9. The number of hydrogen-bond acceptors (Lipinski definition) is 4. The lowest BCUT2D eigenvalue weighted by Gasteiger charge is -2.15. The molecule has 7 nitrogen and oxygen atoms in total. The molecule has 0 spiro atoms. The van der Waals surface area contributed by atoms with Crippen LogP contribution in [0.3, 0.4) is 0 Å². The highest BCUT2D eigenvalue weighted by Crippen LogP contribution is 2.18. The molecule has 0 fully saturated rings. The lowest BCUT2D eigenvalue weighted by molar-refractivity contribution is -0.132. The molecule has 2 aromatic carbocycles. The molecule has 2 aromatic rings. The van der Waals surface area contributed by atoms with E-state index < -0.39 is 23.8 Å². The van der Waals surface area contributed by atoms with E-state index in [4.69, 9.17) is 4.74 Å². The predicted molar refractivity (Wildman–Crippen MR) is 107 cm³/mol. The van der Waals surface area contributed by atoms with Crippen LogP contribution >= 0.6 is 31.9 Å². The summed E-state index contributed by atoms with van der Waals surface area (Å²) in [6.07, 6.45) is -0.823. The molecule has 27 heavy (non-hydrogen) atoms. The standard InChI is InChI=1S/C18H17Br2N3O4/c1-11(27-15-7-3-6-14(20)9-15)17(25)23-22-16(24)10-21-18(26)12-4-2-5-13(19)8-12/h2-9,11H,10H2,1H3,(H,21,26)(H,22,24)(H,23,25). The van der Waals surface area contributed by atoms with Crippen LogP contribution in [0.1, 0.15) is 17.3 Å². The zero-order valence-electron chi connectivity index (χ0n) is 14.3. The highest BCUT2D eigenvalue weighted by Gasteiger charge is 2.16. The van der Waals surface area contributed by atoms with Gasteiger partial charge in [-0.15, -0.1) is 0 Å². The molecule has 0 aliphatic heterocycles. The van der Waals surface area contributed by atoms with Gasteiger partial charge in [-0.3, -0.25) is 25.2 Å². The van der Waals surface area contributed by atoms with Crippen LogP contribution < -0.4 is 20.9 Å². The Balaban J connectivity index is 1.74. The van der Waals surface area contributed by atoms with Gasteiger partial charge >= 0.3 is 0 Å². The number of carbonyl (C=O) groups excluding carboxylic acids is 3. The third kappa shape index (κ3) is 7.03. The quantitative estimate of drug-likeness (QED) is 0.533. The molecule has 142 valence electrons. The van der Waals surface area contributed by atoms with Gasteiger partial charge in [0.25, 0.3) is 17.7 Å². The average Bonchev–Trinajstić information content (AvgIpc) is 2.64. The number of nitrogens with one attached hydrogen (secondary N) is 3. The zero-order valence-corrected chi connectivity index (χ0v) is 17.5. The Morgan fingerprint density at radius 2 is 1.67 bits per heavy atom. The molecule has 1 unspecified atom stereocenters. The van der Waals surface area contributed by atoms with E-state index in [1.165, 1.54) is 0 Å². The number of hydrazine groups is 1. The lowest BCUT2D eigenvalue weighted by atomic mass is 10.2. The van der Waals surface area contributed by atoms with Crippen molar-refractivity contribution in [1.82, 2.24) is 16.2 Å². The van der Waals surface area contributed by atoms with Gasteiger partial charge in [0.05, 0.1) is 6.54 Å². The van der Waals surface area contributed by atoms with Crippen molar-refractivity contribution >= 4 is 49.6 Å². The Labute approximate surface area is 173 Å². The minimum atomic E-state index is -0.823. The minimum Gasteiger partial charge on any atom is -0.481 e. The number of amides is 3. The van der Waals surface area contributed by atoms with E-state index in [1.54, 1.807) is 49.4 Å². The summed E-state index contributed by atoms with van der Waals surface area (Å²) in [5.41, 5.74) is 4.90. The normalized spacial score (nSPS) is 11.2. The zero-order chi connectivity index (χ0) is 19.8. The second kappa shape index (κ2) is 10.1. The summed E-state index contributed by atoms with van der Waals surface area (Å²) >= 11 is 6.58. The average molecular weight is 499 g/mol. The number of benzene rings is 2. The fourth-order valence-electron chi connectivity index (χ4n) is 1.97. The topological polar surface area (TPSA) is 96.5 Å². The number of hydrogen-bond donors (Lipinski definition) is 3. The maximum absolute atomic E-state index is 12.0. The van der Waals surface area contributed by atoms with E-state index in [1.807, 2.05) is 6.07 Å². The monoisotopic (exact) mass is 497 g/mol. The van der Waals surface area contributed by atoms with Crippen molar-refractivity contribution in [2.75, 3.05) is 6.54 Å². The Kier molecular flexibility index (Phi) is 7.81. The van der Waals surface area contributed by atoms with Crippen LogP contribution in [0.15, 0.2) is 57.5 Å². The van der Waals surface area contributed by atoms with Crippen molar-refractivity contribution in [3.8, 4) is 5.75 Å². The van der Waals surface area contributed by atoms with Crippen molar-refractivity contribution in [2.45, 2.75) is 13.0 Å². The molecule has 0 heterocycles. The summed E-state index contributed by atoms with van der Waals surface area (Å²) in [4.78, 5) is 35.7. The van der Waals surface area contributed by atoms with Gasteiger partial charge in [0.1, 0.15) is 5.75 Å². The van der Waals surface area contributed by atoms with E-state index in [0.29, 0.717) is 11.3 Å². The number of halogens is 2. The first-order valence-electron chi connectivity index (χ1n) is 7.90. The van der Waals surface area contributed by atoms with Crippen molar-refractivity contribution in [3.63, 3.8) is 0 Å². The van der Waals surface area contributed by atoms with Crippen molar-refractivity contribution < 1.29 is 19.1 Å². The van der Waals surface area contributed by atoms with E-state index >= 15 is 0 Å². The van der Waals surface area contributed by atoms with Crippen LogP contribution in [-0.4, -0.2) is 30.4 Å². The van der Waals surface area contributed by atoms with Crippen molar-refractivity contribution in [3.05, 3.63) is 63.0 Å². The van der Waals surface area contributed by atoms with Crippen LogP contribution in [0.5, 0.6) is 5.75 Å². The summed E-state index contributed by atoms with van der Waals surface area (Å²) < 4.78 is 7.07. The first kappa shape index (κ1) is 20.9. The molecule has 0 aliphatic carbocycles. The summed E-state index contributed by atoms with van der Waals surface area (Å²) in [5, 5.41) is 2.47. The molecule has 3 N–H and O–H groups in total. The molecule has 9 heteroatoms. The molecule has 0 bridgehead atoms. The van der Waals surface area contributed by atoms with Gasteiger partial charge in [-0.25, -0.2) is 0 Å². The Morgan fingerprint density at radius 3 is 2.33 bits per heavy atom. The molecule has 1 atom stereocenters. The first-order valence-corrected chi connectivity index (χ1v) is 9.48. The van der Waals surface area contributed by atoms with Gasteiger partial charge in [-0.1, -0.05) is 44.0 Å². The predicted octanol–water partition coefficient (Wildman–Crippen LogP) is 2.56. The van der Waals surface area contributed by atoms with Crippen LogP contribution in [0, 0.1) is 0 Å². The third-order valence-electron chi connectivity index (χ3n) is 3.30. The maximum atomic E-state index is 12.0. The summed E-state index contributed by atoms with van der Waals surface area (Å²) in [6, 6.07) is 13.8. The molecule has 3 amide bonds. The van der Waals surface area contributed by atoms with Crippen LogP contribution in [0.25, 0.3) is 0 Å². The maximum Gasteiger partial charge on any atom is 0.279 e. The minimum absolute atomic E-state index is 0.285. The van der Waals surface area contributed by atoms with Gasteiger partial charge in [-0.05, 0) is 43.3 Å². The Hall–Kier alpha value is -2.39. The fourth-order valence-corrected chi connectivity index (χ4v) is 2.74. The van der Waals surface area contributed by atoms with E-state index in [2.05, 4.69) is 48.0 Å². The second-order valence-corrected chi connectivity index (χ2v) is 7.28. The van der Waals surface area contributed by atoms with Crippen LogP contribution in [0.4, 0.5) is 0 Å². The summed E-state index contributed by atoms with van der Waals surface area (Å²) in [7, 11) is 0. The molecule has 0 saturated heterocycles. The molecule has 2 rings (SSSR count). The van der Waals surface area contributed by atoms with E-state index in [-0.39, 0.29) is 6.54 Å². The first-order chi connectivity index (χ1) is 12.8. The van der Waals surface area contributed by atoms with E-state index in [9.17, 15) is 14.4 Å². The van der Waals surface area contributed by atoms with Gasteiger partial charge in [0, 0.05) is 14.5 Å². The fraction of sp³-hybridized carbons (Fsp3) is 0.167. The number of rotatable bonds is 6. The van der Waals surface area contributed by atoms with Crippen molar-refractivity contribution in [1.29, 1.82) is 0 Å². The number of ether oxygens (including phenoxy) is 1. The molecule has 0 aliphatic rings. The van der Waals surface area contributed by atoms with E-state index in [0.717, 1.165) is 8.95 Å². The second-order valence-electron chi connectivity index (χ2n) is 5.45. The lowest BCUT2D eigenvalue weighted by Crippen LogP contribution is -2.50. The van der Waals surface area contributed by atoms with Gasteiger partial charge in [-0.2, -0.15) is 0 Å². The van der Waals surface area contributed by atoms with Crippen LogP contribution in [-0.2, 0) is 9.59 Å². The molecular weight excluding hydrogens is 482 g/mol. The SMILES string of the molecule is CC(Oc1cccc(Br)c1)C(=O)NNC(=O)CNC(=O)c1cccc(Br)c1. The van der Waals surface area contributed by atoms with Crippen LogP contribution in [0.2, 0.25) is 0 Å².